The largest absolute Gasteiger partial charge is 0.508 e. The van der Waals surface area contributed by atoms with Crippen LogP contribution < -0.4 is 5.32 Å². The van der Waals surface area contributed by atoms with Gasteiger partial charge in [0, 0.05) is 11.1 Å². The molecule has 1 aromatic carbocycles. The molecule has 0 atom stereocenters. The number of aliphatic hydroxyl groups is 1. The van der Waals surface area contributed by atoms with Gasteiger partial charge in [-0.1, -0.05) is 6.42 Å². The van der Waals surface area contributed by atoms with Crippen molar-refractivity contribution in [1.29, 1.82) is 0 Å². The van der Waals surface area contributed by atoms with Crippen molar-refractivity contribution in [2.24, 2.45) is 0 Å². The molecule has 0 unspecified atom stereocenters. The Bertz CT molecular complexity index is 524. The van der Waals surface area contributed by atoms with Crippen molar-refractivity contribution in [3.8, 4) is 5.75 Å². The Hall–Kier alpha value is -1.75. The summed E-state index contributed by atoms with van der Waals surface area (Å²) in [6, 6.07) is 4.77. The fourth-order valence-electron chi connectivity index (χ4n) is 2.61. The maximum Gasteiger partial charge on any atom is 0.412 e. The fourth-order valence-corrected chi connectivity index (χ4v) is 2.61. The van der Waals surface area contributed by atoms with E-state index < -0.39 is 11.7 Å². The van der Waals surface area contributed by atoms with Crippen molar-refractivity contribution < 1.29 is 19.7 Å². The number of aromatic hydroxyl groups is 1. The molecule has 5 heteroatoms. The number of amides is 1. The molecule has 1 fully saturated rings. The summed E-state index contributed by atoms with van der Waals surface area (Å²) in [5.41, 5.74) is 0.396. The molecule has 0 bridgehead atoms. The number of carbonyl (C=O) groups excluding carboxylic acids is 1. The first-order valence-electron chi connectivity index (χ1n) is 7.20. The summed E-state index contributed by atoms with van der Waals surface area (Å²) in [4.78, 5) is 11.9. The van der Waals surface area contributed by atoms with E-state index in [0.717, 1.165) is 24.8 Å². The smallest absolute Gasteiger partial charge is 0.412 e. The third-order valence-corrected chi connectivity index (χ3v) is 3.82. The summed E-state index contributed by atoms with van der Waals surface area (Å²) in [5.74, 6) is 0.125. The van der Waals surface area contributed by atoms with Crippen molar-refractivity contribution in [2.75, 3.05) is 11.9 Å². The van der Waals surface area contributed by atoms with Gasteiger partial charge in [-0.25, -0.2) is 4.79 Å². The van der Waals surface area contributed by atoms with Crippen molar-refractivity contribution in [1.82, 2.24) is 0 Å². The summed E-state index contributed by atoms with van der Waals surface area (Å²) in [5, 5.41) is 22.1. The standard InChI is InChI=1S/C16H23NO4/c1-15(2,3)21-14(20)17-13-6-5-11(19)9-12(13)16(10-18)7-4-8-16/h5-6,9,18-19H,4,7-8,10H2,1-3H3,(H,17,20). The zero-order chi connectivity index (χ0) is 15.7. The van der Waals surface area contributed by atoms with Crippen molar-refractivity contribution in [2.45, 2.75) is 51.0 Å². The number of carbonyl (C=O) groups is 1. The van der Waals surface area contributed by atoms with Crippen LogP contribution in [0.2, 0.25) is 0 Å². The molecule has 0 spiro atoms. The number of phenolic OH excluding ortho intramolecular Hbond substituents is 1. The third-order valence-electron chi connectivity index (χ3n) is 3.82. The van der Waals surface area contributed by atoms with Gasteiger partial charge < -0.3 is 14.9 Å². The van der Waals surface area contributed by atoms with Crippen LogP contribution in [-0.2, 0) is 10.2 Å². The Balaban J connectivity index is 2.26. The minimum atomic E-state index is -0.577. The summed E-state index contributed by atoms with van der Waals surface area (Å²) >= 11 is 0. The second-order valence-electron chi connectivity index (χ2n) is 6.65. The molecule has 1 amide bonds. The van der Waals surface area contributed by atoms with Crippen LogP contribution in [0, 0.1) is 0 Å². The Kier molecular flexibility index (Phi) is 4.14. The van der Waals surface area contributed by atoms with Gasteiger partial charge >= 0.3 is 6.09 Å². The molecular formula is C16H23NO4. The minimum absolute atomic E-state index is 0.000544. The molecule has 0 radical (unpaired) electrons. The number of anilines is 1. The van der Waals surface area contributed by atoms with Gasteiger partial charge in [0.25, 0.3) is 0 Å². The maximum absolute atomic E-state index is 11.9. The highest BCUT2D eigenvalue weighted by molar-refractivity contribution is 5.86. The lowest BCUT2D eigenvalue weighted by Gasteiger charge is -2.42. The predicted octanol–water partition coefficient (Wildman–Crippen LogP) is 3.15. The number of rotatable bonds is 3. The van der Waals surface area contributed by atoms with Crippen molar-refractivity contribution >= 4 is 11.8 Å². The summed E-state index contributed by atoms with van der Waals surface area (Å²) in [6.45, 7) is 5.39. The average molecular weight is 293 g/mol. The number of ether oxygens (including phenoxy) is 1. The first-order valence-corrected chi connectivity index (χ1v) is 7.20. The highest BCUT2D eigenvalue weighted by Gasteiger charge is 2.40. The molecule has 21 heavy (non-hydrogen) atoms. The number of benzene rings is 1. The van der Waals surface area contributed by atoms with Gasteiger partial charge in [-0.2, -0.15) is 0 Å². The highest BCUT2D eigenvalue weighted by Crippen LogP contribution is 2.47. The van der Waals surface area contributed by atoms with E-state index in [1.807, 2.05) is 0 Å². The molecule has 1 aliphatic carbocycles. The highest BCUT2D eigenvalue weighted by atomic mass is 16.6. The topological polar surface area (TPSA) is 78.8 Å². The van der Waals surface area contributed by atoms with Gasteiger partial charge in [-0.15, -0.1) is 0 Å². The van der Waals surface area contributed by atoms with Crippen LogP contribution >= 0.6 is 0 Å². The van der Waals surface area contributed by atoms with Gasteiger partial charge in [-0.05, 0) is 57.4 Å². The van der Waals surface area contributed by atoms with Crippen LogP contribution in [0.25, 0.3) is 0 Å². The quantitative estimate of drug-likeness (QED) is 0.748. The molecule has 1 aromatic rings. The number of phenols is 1. The lowest BCUT2D eigenvalue weighted by Crippen LogP contribution is -2.39. The van der Waals surface area contributed by atoms with E-state index in [1.54, 1.807) is 32.9 Å². The molecule has 0 heterocycles. The lowest BCUT2D eigenvalue weighted by molar-refractivity contribution is 0.0634. The van der Waals surface area contributed by atoms with Gasteiger partial charge in [-0.3, -0.25) is 5.32 Å². The van der Waals surface area contributed by atoms with Gasteiger partial charge in [0.1, 0.15) is 11.4 Å². The van der Waals surface area contributed by atoms with Crippen molar-refractivity contribution in [3.63, 3.8) is 0 Å². The van der Waals surface area contributed by atoms with Crippen LogP contribution in [0.4, 0.5) is 10.5 Å². The molecule has 0 saturated heterocycles. The van der Waals surface area contributed by atoms with Crippen LogP contribution in [-0.4, -0.2) is 28.5 Å². The van der Waals surface area contributed by atoms with E-state index in [0.29, 0.717) is 5.69 Å². The summed E-state index contributed by atoms with van der Waals surface area (Å²) in [6.07, 6.45) is 2.18. The van der Waals surface area contributed by atoms with E-state index in [-0.39, 0.29) is 17.8 Å². The fraction of sp³-hybridized carbons (Fsp3) is 0.562. The zero-order valence-corrected chi connectivity index (χ0v) is 12.8. The summed E-state index contributed by atoms with van der Waals surface area (Å²) in [7, 11) is 0. The van der Waals surface area contributed by atoms with E-state index in [2.05, 4.69) is 5.32 Å². The lowest BCUT2D eigenvalue weighted by atomic mass is 9.64. The van der Waals surface area contributed by atoms with E-state index in [1.165, 1.54) is 6.07 Å². The molecule has 5 nitrogen and oxygen atoms in total. The predicted molar refractivity (Wildman–Crippen MR) is 80.6 cm³/mol. The summed E-state index contributed by atoms with van der Waals surface area (Å²) < 4.78 is 5.25. The van der Waals surface area contributed by atoms with E-state index in [4.69, 9.17) is 4.74 Å². The normalized spacial score (nSPS) is 17.0. The Labute approximate surface area is 124 Å². The molecular weight excluding hydrogens is 270 g/mol. The molecule has 1 aliphatic rings. The second-order valence-corrected chi connectivity index (χ2v) is 6.65. The first kappa shape index (κ1) is 15.6. The molecule has 1 saturated carbocycles. The number of hydrogen-bond donors (Lipinski definition) is 3. The van der Waals surface area contributed by atoms with Crippen LogP contribution in [0.1, 0.15) is 45.6 Å². The number of aliphatic hydroxyl groups excluding tert-OH is 1. The van der Waals surface area contributed by atoms with Gasteiger partial charge in [0.15, 0.2) is 0 Å². The van der Waals surface area contributed by atoms with Gasteiger partial charge in [0.2, 0.25) is 0 Å². The second kappa shape index (κ2) is 5.56. The molecule has 3 N–H and O–H groups in total. The van der Waals surface area contributed by atoms with Crippen LogP contribution in [0.15, 0.2) is 18.2 Å². The monoisotopic (exact) mass is 293 g/mol. The van der Waals surface area contributed by atoms with Gasteiger partial charge in [0.05, 0.1) is 6.61 Å². The average Bonchev–Trinajstić information content (AvgIpc) is 2.29. The van der Waals surface area contributed by atoms with Crippen molar-refractivity contribution in [3.05, 3.63) is 23.8 Å². The zero-order valence-electron chi connectivity index (χ0n) is 12.8. The molecule has 0 aliphatic heterocycles. The van der Waals surface area contributed by atoms with Crippen LogP contribution in [0.3, 0.4) is 0 Å². The molecule has 116 valence electrons. The Morgan fingerprint density at radius 3 is 2.52 bits per heavy atom. The minimum Gasteiger partial charge on any atom is -0.508 e. The maximum atomic E-state index is 11.9. The Morgan fingerprint density at radius 2 is 2.05 bits per heavy atom. The Morgan fingerprint density at radius 1 is 1.38 bits per heavy atom. The SMILES string of the molecule is CC(C)(C)OC(=O)Nc1ccc(O)cc1C1(CO)CCC1. The first-order chi connectivity index (χ1) is 9.76. The number of nitrogens with one attached hydrogen (secondary N) is 1. The van der Waals surface area contributed by atoms with E-state index in [9.17, 15) is 15.0 Å². The number of hydrogen-bond acceptors (Lipinski definition) is 4. The van der Waals surface area contributed by atoms with Crippen LogP contribution in [0.5, 0.6) is 5.75 Å². The molecule has 2 rings (SSSR count). The molecule has 0 aromatic heterocycles. The van der Waals surface area contributed by atoms with E-state index >= 15 is 0 Å². The third kappa shape index (κ3) is 3.47.